The average molecular weight is 458 g/mol. The van der Waals surface area contributed by atoms with E-state index in [4.69, 9.17) is 14.3 Å². The second-order valence-corrected chi connectivity index (χ2v) is 11.2. The van der Waals surface area contributed by atoms with E-state index in [-0.39, 0.29) is 0 Å². The smallest absolute Gasteiger partial charge is 0.225 e. The Morgan fingerprint density at radius 3 is 2.50 bits per heavy atom. The lowest BCUT2D eigenvalue weighted by atomic mass is 9.95. The molecule has 0 aliphatic carbocycles. The lowest BCUT2D eigenvalue weighted by Gasteiger charge is -2.35. The Morgan fingerprint density at radius 2 is 1.78 bits per heavy atom. The van der Waals surface area contributed by atoms with Gasteiger partial charge in [-0.15, -0.1) is 0 Å². The maximum atomic E-state index is 11.8. The quantitative estimate of drug-likeness (QED) is 0.736. The number of nitrogens with one attached hydrogen (secondary N) is 1. The van der Waals surface area contributed by atoms with Crippen LogP contribution in [0.2, 0.25) is 0 Å². The van der Waals surface area contributed by atoms with Gasteiger partial charge in [-0.2, -0.15) is 0 Å². The zero-order valence-corrected chi connectivity index (χ0v) is 19.4. The number of likely N-dealkylation sites (tertiary alicyclic amines) is 1. The number of aromatic nitrogens is 2. The molecule has 2 fully saturated rings. The summed E-state index contributed by atoms with van der Waals surface area (Å²) >= 11 is 0. The summed E-state index contributed by atoms with van der Waals surface area (Å²) < 4.78 is 31.0. The molecule has 4 heterocycles. The van der Waals surface area contributed by atoms with E-state index in [1.807, 2.05) is 0 Å². The fourth-order valence-electron chi connectivity index (χ4n) is 5.01. The Hall–Kier alpha value is -2.39. The van der Waals surface area contributed by atoms with E-state index >= 15 is 0 Å². The molecule has 8 nitrogen and oxygen atoms in total. The fourth-order valence-corrected chi connectivity index (χ4v) is 5.52. The van der Waals surface area contributed by atoms with Crippen molar-refractivity contribution in [2.45, 2.75) is 36.6 Å². The van der Waals surface area contributed by atoms with Crippen LogP contribution in [0.15, 0.2) is 35.5 Å². The molecule has 1 aromatic carbocycles. The molecule has 1 aromatic heterocycles. The summed E-state index contributed by atoms with van der Waals surface area (Å²) in [4.78, 5) is 14.0. The van der Waals surface area contributed by atoms with Gasteiger partial charge in [-0.3, -0.25) is 4.90 Å². The van der Waals surface area contributed by atoms with Crippen LogP contribution in [-0.4, -0.2) is 64.7 Å². The number of piperidine rings is 1. The van der Waals surface area contributed by atoms with Gasteiger partial charge in [-0.1, -0.05) is 6.07 Å². The van der Waals surface area contributed by atoms with E-state index < -0.39 is 9.73 Å². The normalized spacial score (nSPS) is 23.8. The first-order chi connectivity index (χ1) is 15.5. The molecule has 2 aromatic rings. The van der Waals surface area contributed by atoms with Gasteiger partial charge in [-0.05, 0) is 55.8 Å². The number of nitrogens with zero attached hydrogens (tertiary/aromatic N) is 4. The van der Waals surface area contributed by atoms with E-state index in [0.717, 1.165) is 50.5 Å². The summed E-state index contributed by atoms with van der Waals surface area (Å²) in [6, 6.07) is 6.88. The largest absolute Gasteiger partial charge is 0.486 e. The second kappa shape index (κ2) is 8.86. The molecule has 0 spiro atoms. The molecule has 0 radical (unpaired) electrons. The molecule has 32 heavy (non-hydrogen) atoms. The summed E-state index contributed by atoms with van der Waals surface area (Å²) in [5.74, 6) is 3.07. The summed E-state index contributed by atoms with van der Waals surface area (Å²) in [5.41, 5.74) is 1.33. The minimum Gasteiger partial charge on any atom is -0.486 e. The van der Waals surface area contributed by atoms with E-state index in [9.17, 15) is 4.21 Å². The molecular formula is C23H31N5O3S. The van der Waals surface area contributed by atoms with Crippen molar-refractivity contribution in [3.63, 3.8) is 0 Å². The van der Waals surface area contributed by atoms with E-state index in [1.54, 1.807) is 0 Å². The number of anilines is 1. The zero-order valence-electron chi connectivity index (χ0n) is 18.5. The van der Waals surface area contributed by atoms with Gasteiger partial charge in [0, 0.05) is 44.3 Å². The molecule has 0 bridgehead atoms. The first kappa shape index (κ1) is 21.5. The summed E-state index contributed by atoms with van der Waals surface area (Å²) in [6.07, 6.45) is 9.10. The van der Waals surface area contributed by atoms with Crippen LogP contribution >= 0.6 is 0 Å². The summed E-state index contributed by atoms with van der Waals surface area (Å²) in [6.45, 7) is 5.36. The van der Waals surface area contributed by atoms with Gasteiger partial charge < -0.3 is 14.4 Å². The number of fused-ring (bicyclic) bond motifs is 1. The number of ether oxygens (including phenoxy) is 2. The Morgan fingerprint density at radius 1 is 1.06 bits per heavy atom. The maximum Gasteiger partial charge on any atom is 0.225 e. The molecule has 9 heteroatoms. The van der Waals surface area contributed by atoms with Crippen molar-refractivity contribution in [3.8, 4) is 11.5 Å². The molecule has 1 unspecified atom stereocenters. The lowest BCUT2D eigenvalue weighted by Crippen LogP contribution is -2.39. The van der Waals surface area contributed by atoms with Crippen molar-refractivity contribution >= 4 is 15.7 Å². The highest BCUT2D eigenvalue weighted by Crippen LogP contribution is 2.39. The highest BCUT2D eigenvalue weighted by atomic mass is 32.2. The monoisotopic (exact) mass is 457 g/mol. The Labute approximate surface area is 189 Å². The molecule has 0 saturated carbocycles. The van der Waals surface area contributed by atoms with Crippen LogP contribution in [0.25, 0.3) is 0 Å². The van der Waals surface area contributed by atoms with E-state index in [1.165, 1.54) is 37.1 Å². The predicted octanol–water partition coefficient (Wildman–Crippen LogP) is 3.34. The van der Waals surface area contributed by atoms with Crippen LogP contribution in [0.5, 0.6) is 11.5 Å². The van der Waals surface area contributed by atoms with Crippen molar-refractivity contribution in [3.05, 3.63) is 36.2 Å². The molecule has 3 aliphatic rings. The molecule has 2 atom stereocenters. The summed E-state index contributed by atoms with van der Waals surface area (Å²) in [7, 11) is -2.77. The van der Waals surface area contributed by atoms with Crippen LogP contribution in [0, 0.1) is 10.7 Å². The third-order valence-corrected chi connectivity index (χ3v) is 7.88. The average Bonchev–Trinajstić information content (AvgIpc) is 3.27. The standard InChI is InChI=1S/C23H31N5O3S/c1-32(24,29)19-14-25-23(26-15-19)27-9-6-17(7-10-27)16-28-8-2-3-20(28)18-4-5-21-22(13-18)31-12-11-30-21/h4-5,13-15,17,20,24H,2-3,6-12,16H2,1H3/t20-,32?/m1/s1. The van der Waals surface area contributed by atoms with Gasteiger partial charge in [0.15, 0.2) is 11.5 Å². The van der Waals surface area contributed by atoms with Crippen LogP contribution in [0.1, 0.15) is 37.3 Å². The fraction of sp³-hybridized carbons (Fsp3) is 0.565. The first-order valence-corrected chi connectivity index (χ1v) is 13.4. The van der Waals surface area contributed by atoms with Crippen LogP contribution in [0.4, 0.5) is 5.95 Å². The van der Waals surface area contributed by atoms with Gasteiger partial charge in [-0.25, -0.2) is 19.0 Å². The Kier molecular flexibility index (Phi) is 5.94. The van der Waals surface area contributed by atoms with Gasteiger partial charge in [0.05, 0.1) is 14.6 Å². The first-order valence-electron chi connectivity index (χ1n) is 11.4. The minimum absolute atomic E-state index is 0.385. The summed E-state index contributed by atoms with van der Waals surface area (Å²) in [5, 5.41) is 0. The second-order valence-electron chi connectivity index (χ2n) is 9.05. The third kappa shape index (κ3) is 4.54. The molecule has 5 rings (SSSR count). The van der Waals surface area contributed by atoms with Crippen molar-refractivity contribution in [1.29, 1.82) is 4.78 Å². The van der Waals surface area contributed by atoms with E-state index in [0.29, 0.717) is 36.0 Å². The Bertz CT molecular complexity index is 1050. The molecule has 0 amide bonds. The molecule has 172 valence electrons. The number of hydrogen-bond acceptors (Lipinski definition) is 8. The van der Waals surface area contributed by atoms with Gasteiger partial charge in [0.1, 0.15) is 13.2 Å². The highest BCUT2D eigenvalue weighted by Gasteiger charge is 2.31. The molecular weight excluding hydrogens is 426 g/mol. The highest BCUT2D eigenvalue weighted by molar-refractivity contribution is 7.91. The van der Waals surface area contributed by atoms with Gasteiger partial charge in [0.2, 0.25) is 5.95 Å². The van der Waals surface area contributed by atoms with Crippen molar-refractivity contribution in [1.82, 2.24) is 14.9 Å². The van der Waals surface area contributed by atoms with Crippen LogP contribution in [0.3, 0.4) is 0 Å². The van der Waals surface area contributed by atoms with Gasteiger partial charge >= 0.3 is 0 Å². The topological polar surface area (TPSA) is 91.6 Å². The molecule has 1 N–H and O–H groups in total. The predicted molar refractivity (Wildman–Crippen MR) is 123 cm³/mol. The van der Waals surface area contributed by atoms with Gasteiger partial charge in [0.25, 0.3) is 0 Å². The lowest BCUT2D eigenvalue weighted by molar-refractivity contribution is 0.169. The van der Waals surface area contributed by atoms with E-state index in [2.05, 4.69) is 38.0 Å². The number of rotatable bonds is 5. The SMILES string of the molecule is CS(=N)(=O)c1cnc(N2CCC(CN3CCC[C@@H]3c3ccc4c(c3)OCCO4)CC2)nc1. The Balaban J connectivity index is 1.18. The molecule has 3 aliphatic heterocycles. The molecule has 2 saturated heterocycles. The zero-order chi connectivity index (χ0) is 22.1. The third-order valence-electron chi connectivity index (χ3n) is 6.77. The minimum atomic E-state index is -2.77. The number of hydrogen-bond donors (Lipinski definition) is 1. The van der Waals surface area contributed by atoms with Crippen LogP contribution in [-0.2, 0) is 9.73 Å². The van der Waals surface area contributed by atoms with Crippen LogP contribution < -0.4 is 14.4 Å². The van der Waals surface area contributed by atoms with Crippen molar-refractivity contribution < 1.29 is 13.7 Å². The maximum absolute atomic E-state index is 11.8. The number of benzene rings is 1. The van der Waals surface area contributed by atoms with Crippen molar-refractivity contribution in [2.24, 2.45) is 5.92 Å². The van der Waals surface area contributed by atoms with Crippen molar-refractivity contribution in [2.75, 3.05) is 50.5 Å².